The van der Waals surface area contributed by atoms with Crippen LogP contribution in [-0.2, 0) is 11.2 Å². The fourth-order valence-electron chi connectivity index (χ4n) is 3.35. The van der Waals surface area contributed by atoms with Crippen LogP contribution in [0.25, 0.3) is 0 Å². The predicted molar refractivity (Wildman–Crippen MR) is 80.0 cm³/mol. The molecule has 0 aromatic heterocycles. The molecular weight excluding hydrogens is 236 g/mol. The molecule has 104 valence electrons. The molecule has 3 heteroatoms. The van der Waals surface area contributed by atoms with E-state index in [0.29, 0.717) is 12.0 Å². The molecule has 1 saturated heterocycles. The number of fused-ring (bicyclic) bond motifs is 1. The Morgan fingerprint density at radius 2 is 2.26 bits per heavy atom. The first kappa shape index (κ1) is 12.8. The molecule has 19 heavy (non-hydrogen) atoms. The maximum Gasteiger partial charge on any atom is 0.0772 e. The van der Waals surface area contributed by atoms with E-state index in [0.717, 1.165) is 19.6 Å². The number of methoxy groups -OCH3 is 1. The number of piperidine rings is 1. The maximum atomic E-state index is 5.64. The molecule has 0 aliphatic carbocycles. The molecule has 1 aromatic carbocycles. The second kappa shape index (κ2) is 5.41. The van der Waals surface area contributed by atoms with Crippen molar-refractivity contribution in [1.82, 2.24) is 0 Å². The Morgan fingerprint density at radius 1 is 1.37 bits per heavy atom. The van der Waals surface area contributed by atoms with Crippen molar-refractivity contribution in [2.75, 3.05) is 37.0 Å². The number of anilines is 2. The molecule has 3 nitrogen and oxygen atoms in total. The van der Waals surface area contributed by atoms with Crippen molar-refractivity contribution in [3.63, 3.8) is 0 Å². The van der Waals surface area contributed by atoms with Crippen LogP contribution in [0.1, 0.15) is 25.3 Å². The first-order valence-electron chi connectivity index (χ1n) is 7.43. The molecular formula is C16H24N2O. The summed E-state index contributed by atoms with van der Waals surface area (Å²) in [6.07, 6.45) is 4.01. The Morgan fingerprint density at radius 3 is 3.11 bits per heavy atom. The summed E-state index contributed by atoms with van der Waals surface area (Å²) in [6.45, 7) is 5.58. The van der Waals surface area contributed by atoms with Crippen molar-refractivity contribution in [3.05, 3.63) is 23.8 Å². The highest BCUT2D eigenvalue weighted by Crippen LogP contribution is 2.34. The molecule has 2 atom stereocenters. The van der Waals surface area contributed by atoms with Gasteiger partial charge in [0.15, 0.2) is 0 Å². The van der Waals surface area contributed by atoms with Gasteiger partial charge in [0.1, 0.15) is 0 Å². The van der Waals surface area contributed by atoms with Crippen LogP contribution >= 0.6 is 0 Å². The van der Waals surface area contributed by atoms with Crippen molar-refractivity contribution in [1.29, 1.82) is 0 Å². The lowest BCUT2D eigenvalue weighted by molar-refractivity contribution is 0.0498. The Hall–Kier alpha value is -1.22. The summed E-state index contributed by atoms with van der Waals surface area (Å²) in [7, 11) is 1.84. The van der Waals surface area contributed by atoms with E-state index in [-0.39, 0.29) is 0 Å². The molecule has 0 saturated carbocycles. The van der Waals surface area contributed by atoms with Crippen LogP contribution in [0.2, 0.25) is 0 Å². The van der Waals surface area contributed by atoms with Gasteiger partial charge in [-0.05, 0) is 42.9 Å². The molecule has 1 N–H and O–H groups in total. The predicted octanol–water partition coefficient (Wildman–Crippen LogP) is 2.91. The number of hydrogen-bond acceptors (Lipinski definition) is 3. The zero-order chi connectivity index (χ0) is 13.2. The Kier molecular flexibility index (Phi) is 3.65. The molecule has 3 rings (SSSR count). The van der Waals surface area contributed by atoms with Crippen LogP contribution in [0.3, 0.4) is 0 Å². The first-order valence-corrected chi connectivity index (χ1v) is 7.43. The summed E-state index contributed by atoms with van der Waals surface area (Å²) in [4.78, 5) is 2.51. The van der Waals surface area contributed by atoms with Crippen molar-refractivity contribution < 1.29 is 4.74 Å². The minimum atomic E-state index is 0.362. The Labute approximate surface area is 115 Å². The van der Waals surface area contributed by atoms with E-state index in [1.54, 1.807) is 0 Å². The van der Waals surface area contributed by atoms with Gasteiger partial charge in [-0.2, -0.15) is 0 Å². The van der Waals surface area contributed by atoms with E-state index in [1.807, 2.05) is 7.11 Å². The van der Waals surface area contributed by atoms with Gasteiger partial charge < -0.3 is 15.0 Å². The monoisotopic (exact) mass is 260 g/mol. The van der Waals surface area contributed by atoms with Gasteiger partial charge in [0, 0.05) is 38.1 Å². The molecule has 2 aliphatic rings. The fourth-order valence-corrected chi connectivity index (χ4v) is 3.35. The minimum Gasteiger partial charge on any atom is -0.385 e. The zero-order valence-electron chi connectivity index (χ0n) is 12.0. The molecule has 2 heterocycles. The molecule has 1 aromatic rings. The fraction of sp³-hybridized carbons (Fsp3) is 0.625. The molecule has 2 unspecified atom stereocenters. The van der Waals surface area contributed by atoms with Crippen molar-refractivity contribution in [2.45, 2.75) is 32.3 Å². The lowest BCUT2D eigenvalue weighted by Gasteiger charge is -2.39. The Balaban J connectivity index is 1.86. The summed E-state index contributed by atoms with van der Waals surface area (Å²) in [6, 6.07) is 6.65. The highest BCUT2D eigenvalue weighted by molar-refractivity contribution is 5.68. The van der Waals surface area contributed by atoms with E-state index in [4.69, 9.17) is 4.74 Å². The Bertz CT molecular complexity index is 446. The van der Waals surface area contributed by atoms with Crippen LogP contribution in [-0.4, -0.2) is 32.8 Å². The van der Waals surface area contributed by atoms with Crippen molar-refractivity contribution in [3.8, 4) is 0 Å². The van der Waals surface area contributed by atoms with E-state index in [9.17, 15) is 0 Å². The zero-order valence-corrected chi connectivity index (χ0v) is 12.0. The SMILES string of the molecule is COC1CN(c2cccc3c2CCCN3)CCC1C. The summed E-state index contributed by atoms with van der Waals surface area (Å²) in [5, 5.41) is 3.52. The average molecular weight is 260 g/mol. The van der Waals surface area contributed by atoms with Crippen LogP contribution < -0.4 is 10.2 Å². The average Bonchev–Trinajstić information content (AvgIpc) is 2.47. The molecule has 2 aliphatic heterocycles. The number of benzene rings is 1. The van der Waals surface area contributed by atoms with Crippen LogP contribution in [0, 0.1) is 5.92 Å². The van der Waals surface area contributed by atoms with Gasteiger partial charge in [-0.25, -0.2) is 0 Å². The largest absolute Gasteiger partial charge is 0.385 e. The van der Waals surface area contributed by atoms with Crippen molar-refractivity contribution >= 4 is 11.4 Å². The smallest absolute Gasteiger partial charge is 0.0772 e. The van der Waals surface area contributed by atoms with E-state index in [1.165, 1.54) is 36.2 Å². The number of nitrogens with one attached hydrogen (secondary N) is 1. The standard InChI is InChI=1S/C16H24N2O/c1-12-8-10-18(11-16(12)19-2)15-7-3-6-14-13(15)5-4-9-17-14/h3,6-7,12,16-17H,4-5,8-11H2,1-2H3. The molecule has 0 radical (unpaired) electrons. The molecule has 1 fully saturated rings. The van der Waals surface area contributed by atoms with E-state index in [2.05, 4.69) is 35.3 Å². The van der Waals surface area contributed by atoms with Gasteiger partial charge in [0.2, 0.25) is 0 Å². The van der Waals surface area contributed by atoms with Gasteiger partial charge in [-0.3, -0.25) is 0 Å². The van der Waals surface area contributed by atoms with E-state index < -0.39 is 0 Å². The van der Waals surface area contributed by atoms with Crippen LogP contribution in [0.5, 0.6) is 0 Å². The summed E-state index contributed by atoms with van der Waals surface area (Å²) < 4.78 is 5.64. The van der Waals surface area contributed by atoms with Crippen molar-refractivity contribution in [2.24, 2.45) is 5.92 Å². The third-order valence-electron chi connectivity index (χ3n) is 4.60. The maximum absolute atomic E-state index is 5.64. The summed E-state index contributed by atoms with van der Waals surface area (Å²) in [5.41, 5.74) is 4.24. The lowest BCUT2D eigenvalue weighted by Crippen LogP contribution is -2.44. The summed E-state index contributed by atoms with van der Waals surface area (Å²) in [5.74, 6) is 0.666. The van der Waals surface area contributed by atoms with Gasteiger partial charge in [-0.15, -0.1) is 0 Å². The van der Waals surface area contributed by atoms with Gasteiger partial charge >= 0.3 is 0 Å². The second-order valence-electron chi connectivity index (χ2n) is 5.82. The third-order valence-corrected chi connectivity index (χ3v) is 4.60. The van der Waals surface area contributed by atoms with Crippen LogP contribution in [0.15, 0.2) is 18.2 Å². The number of ether oxygens (including phenoxy) is 1. The third kappa shape index (κ3) is 2.44. The highest BCUT2D eigenvalue weighted by atomic mass is 16.5. The van der Waals surface area contributed by atoms with Gasteiger partial charge in [-0.1, -0.05) is 13.0 Å². The molecule has 0 bridgehead atoms. The topological polar surface area (TPSA) is 24.5 Å². The second-order valence-corrected chi connectivity index (χ2v) is 5.82. The normalized spacial score (nSPS) is 26.7. The quantitative estimate of drug-likeness (QED) is 0.885. The molecule has 0 spiro atoms. The molecule has 0 amide bonds. The minimum absolute atomic E-state index is 0.362. The lowest BCUT2D eigenvalue weighted by atomic mass is 9.93. The number of hydrogen-bond donors (Lipinski definition) is 1. The number of rotatable bonds is 2. The van der Waals surface area contributed by atoms with Gasteiger partial charge in [0.25, 0.3) is 0 Å². The van der Waals surface area contributed by atoms with Crippen LogP contribution in [0.4, 0.5) is 11.4 Å². The highest BCUT2D eigenvalue weighted by Gasteiger charge is 2.27. The first-order chi connectivity index (χ1) is 9.29. The van der Waals surface area contributed by atoms with Gasteiger partial charge in [0.05, 0.1) is 6.10 Å². The van der Waals surface area contributed by atoms with E-state index >= 15 is 0 Å². The number of nitrogens with zero attached hydrogens (tertiary/aromatic N) is 1. The summed E-state index contributed by atoms with van der Waals surface area (Å²) >= 11 is 0.